The second-order valence-corrected chi connectivity index (χ2v) is 2.92. The summed E-state index contributed by atoms with van der Waals surface area (Å²) in [5, 5.41) is 4.25. The molecule has 0 aliphatic carbocycles. The van der Waals surface area contributed by atoms with Crippen LogP contribution in [0.3, 0.4) is 0 Å². The van der Waals surface area contributed by atoms with Crippen LogP contribution in [-0.2, 0) is 0 Å². The molecule has 0 aromatic carbocycles. The molecule has 1 aliphatic rings. The highest BCUT2D eigenvalue weighted by Gasteiger charge is 1.88. The lowest BCUT2D eigenvalue weighted by Crippen LogP contribution is -1.70. The van der Waals surface area contributed by atoms with Gasteiger partial charge in [0.1, 0.15) is 0 Å². The Balaban J connectivity index is 2.26. The zero-order valence-corrected chi connectivity index (χ0v) is 4.89. The van der Waals surface area contributed by atoms with Gasteiger partial charge in [-0.15, -0.1) is 23.5 Å². The van der Waals surface area contributed by atoms with Crippen molar-refractivity contribution in [2.45, 2.75) is 0 Å². The molecular formula is C4H5S2. The van der Waals surface area contributed by atoms with Crippen LogP contribution >= 0.6 is 23.5 Å². The van der Waals surface area contributed by atoms with Gasteiger partial charge >= 0.3 is 0 Å². The predicted molar refractivity (Wildman–Crippen MR) is 33.5 cm³/mol. The summed E-state index contributed by atoms with van der Waals surface area (Å²) in [6.07, 6.45) is 2.16. The Morgan fingerprint density at radius 1 is 1.50 bits per heavy atom. The Hall–Kier alpha value is 0.440. The van der Waals surface area contributed by atoms with Gasteiger partial charge in [0.2, 0.25) is 0 Å². The average Bonchev–Trinajstić information content (AvgIpc) is 1.72. The van der Waals surface area contributed by atoms with Crippen LogP contribution in [0.25, 0.3) is 0 Å². The Bertz CT molecular complexity index is 50.6. The highest BCUT2D eigenvalue weighted by Crippen LogP contribution is 2.23. The maximum absolute atomic E-state index is 2.16. The molecule has 0 amide bonds. The van der Waals surface area contributed by atoms with Crippen molar-refractivity contribution in [3.63, 3.8) is 0 Å². The summed E-state index contributed by atoms with van der Waals surface area (Å²) in [5.74, 6) is 1.16. The summed E-state index contributed by atoms with van der Waals surface area (Å²) in [6.45, 7) is 0. The zero-order chi connectivity index (χ0) is 4.24. The van der Waals surface area contributed by atoms with E-state index in [1.165, 1.54) is 0 Å². The fourth-order valence-electron chi connectivity index (χ4n) is 0.261. The van der Waals surface area contributed by atoms with Gasteiger partial charge in [-0.25, -0.2) is 0 Å². The quantitative estimate of drug-likeness (QED) is 0.476. The van der Waals surface area contributed by atoms with E-state index in [0.29, 0.717) is 0 Å². The molecule has 0 bridgehead atoms. The van der Waals surface area contributed by atoms with Gasteiger partial charge in [0.15, 0.2) is 0 Å². The molecular weight excluding hydrogens is 112 g/mol. The summed E-state index contributed by atoms with van der Waals surface area (Å²) in [7, 11) is 0. The maximum atomic E-state index is 2.16. The predicted octanol–water partition coefficient (Wildman–Crippen LogP) is 2.10. The monoisotopic (exact) mass is 117 g/mol. The van der Waals surface area contributed by atoms with Gasteiger partial charge in [0, 0.05) is 5.75 Å². The minimum absolute atomic E-state index is 1.16. The first-order valence-electron chi connectivity index (χ1n) is 1.74. The van der Waals surface area contributed by atoms with E-state index in [1.54, 1.807) is 11.8 Å². The first kappa shape index (κ1) is 4.60. The highest BCUT2D eigenvalue weighted by molar-refractivity contribution is 8.21. The highest BCUT2D eigenvalue weighted by atomic mass is 32.2. The Kier molecular flexibility index (Phi) is 1.98. The van der Waals surface area contributed by atoms with E-state index in [9.17, 15) is 0 Å². The van der Waals surface area contributed by atoms with Crippen LogP contribution in [0.5, 0.6) is 0 Å². The summed E-state index contributed by atoms with van der Waals surface area (Å²) >= 11 is 3.60. The summed E-state index contributed by atoms with van der Waals surface area (Å²) < 4.78 is 0. The molecule has 1 rings (SSSR count). The van der Waals surface area contributed by atoms with Crippen LogP contribution in [-0.4, -0.2) is 5.75 Å². The minimum Gasteiger partial charge on any atom is -0.141 e. The number of thioether (sulfide) groups is 2. The maximum Gasteiger partial charge on any atom is 0.0759 e. The molecule has 0 aromatic heterocycles. The van der Waals surface area contributed by atoms with Crippen molar-refractivity contribution < 1.29 is 0 Å². The minimum atomic E-state index is 1.16. The van der Waals surface area contributed by atoms with Crippen molar-refractivity contribution in [1.82, 2.24) is 0 Å². The lowest BCUT2D eigenvalue weighted by molar-refractivity contribution is 1.81. The third-order valence-electron chi connectivity index (χ3n) is 0.491. The fourth-order valence-corrected chi connectivity index (χ4v) is 1.68. The van der Waals surface area contributed by atoms with Gasteiger partial charge in [-0.05, 0) is 5.41 Å². The summed E-state index contributed by atoms with van der Waals surface area (Å²) in [5.41, 5.74) is 0. The average molecular weight is 117 g/mol. The van der Waals surface area contributed by atoms with E-state index in [2.05, 4.69) is 16.6 Å². The summed E-state index contributed by atoms with van der Waals surface area (Å²) in [6, 6.07) is 0. The molecule has 1 radical (unpaired) electrons. The molecule has 1 heterocycles. The fraction of sp³-hybridized carbons (Fsp3) is 0.250. The Labute approximate surface area is 46.4 Å². The second kappa shape index (κ2) is 2.59. The molecule has 0 saturated heterocycles. The third-order valence-corrected chi connectivity index (χ3v) is 2.21. The van der Waals surface area contributed by atoms with Crippen LogP contribution < -0.4 is 0 Å². The lowest BCUT2D eigenvalue weighted by atomic mass is 10.8. The van der Waals surface area contributed by atoms with Gasteiger partial charge in [-0.1, -0.05) is 6.08 Å². The molecule has 0 atom stereocenters. The molecule has 0 N–H and O–H groups in total. The van der Waals surface area contributed by atoms with Crippen LogP contribution in [0.1, 0.15) is 0 Å². The molecule has 6 heavy (non-hydrogen) atoms. The summed E-state index contributed by atoms with van der Waals surface area (Å²) in [4.78, 5) is 0. The van der Waals surface area contributed by atoms with Crippen LogP contribution in [0, 0.1) is 5.08 Å². The van der Waals surface area contributed by atoms with Gasteiger partial charge < -0.3 is 0 Å². The van der Waals surface area contributed by atoms with E-state index >= 15 is 0 Å². The smallest absolute Gasteiger partial charge is 0.0759 e. The van der Waals surface area contributed by atoms with Crippen molar-refractivity contribution in [2.75, 3.05) is 5.75 Å². The van der Waals surface area contributed by atoms with E-state index in [0.717, 1.165) is 5.75 Å². The number of rotatable bonds is 0. The molecule has 0 nitrogen and oxygen atoms in total. The van der Waals surface area contributed by atoms with Crippen LogP contribution in [0.4, 0.5) is 0 Å². The SMILES string of the molecule is [CH]1SC=CCS1. The normalized spacial score (nSPS) is 21.3. The van der Waals surface area contributed by atoms with E-state index in [4.69, 9.17) is 0 Å². The van der Waals surface area contributed by atoms with Crippen molar-refractivity contribution >= 4 is 23.5 Å². The molecule has 0 spiro atoms. The Morgan fingerprint density at radius 2 is 2.50 bits per heavy atom. The van der Waals surface area contributed by atoms with Crippen LogP contribution in [0.2, 0.25) is 0 Å². The van der Waals surface area contributed by atoms with Crippen molar-refractivity contribution in [1.29, 1.82) is 0 Å². The Morgan fingerprint density at radius 3 is 2.67 bits per heavy atom. The lowest BCUT2D eigenvalue weighted by Gasteiger charge is -1.96. The topological polar surface area (TPSA) is 0 Å². The van der Waals surface area contributed by atoms with Gasteiger partial charge in [-0.2, -0.15) is 0 Å². The van der Waals surface area contributed by atoms with Crippen molar-refractivity contribution in [3.05, 3.63) is 16.6 Å². The molecule has 0 fully saturated rings. The molecule has 0 saturated carbocycles. The van der Waals surface area contributed by atoms with E-state index in [1.807, 2.05) is 11.8 Å². The van der Waals surface area contributed by atoms with Gasteiger partial charge in [0.25, 0.3) is 0 Å². The van der Waals surface area contributed by atoms with Crippen LogP contribution in [0.15, 0.2) is 11.5 Å². The van der Waals surface area contributed by atoms with E-state index in [-0.39, 0.29) is 0 Å². The molecule has 33 valence electrons. The van der Waals surface area contributed by atoms with E-state index < -0.39 is 0 Å². The molecule has 2 heteroatoms. The van der Waals surface area contributed by atoms with Crippen molar-refractivity contribution in [3.8, 4) is 0 Å². The first-order chi connectivity index (χ1) is 3.00. The second-order valence-electron chi connectivity index (χ2n) is 0.937. The number of hydrogen-bond acceptors (Lipinski definition) is 2. The third kappa shape index (κ3) is 1.27. The molecule has 0 aromatic rings. The number of hydrogen-bond donors (Lipinski definition) is 0. The largest absolute Gasteiger partial charge is 0.141 e. The molecule has 0 unspecified atom stereocenters. The molecule has 1 aliphatic heterocycles. The zero-order valence-electron chi connectivity index (χ0n) is 3.26. The van der Waals surface area contributed by atoms with Crippen molar-refractivity contribution in [2.24, 2.45) is 0 Å². The standard InChI is InChI=1S/C4H5S2/c1-2-5-4-6-3-1/h1-2,4H,3H2. The van der Waals surface area contributed by atoms with Gasteiger partial charge in [0.05, 0.1) is 5.08 Å². The van der Waals surface area contributed by atoms with Gasteiger partial charge in [-0.3, -0.25) is 0 Å². The first-order valence-corrected chi connectivity index (χ1v) is 3.73.